The van der Waals surface area contributed by atoms with E-state index < -0.39 is 5.91 Å². The average molecular weight is 597 g/mol. The zero-order chi connectivity index (χ0) is 29.1. The Morgan fingerprint density at radius 3 is 2.57 bits per heavy atom. The molecule has 2 heterocycles. The molecule has 0 spiro atoms. The SMILES string of the molecule is CCOc1cc(C=C2C(=N)N3N=C(COc4ccccc4)SC3=NC2=O)cc(Cl)c1OCc1cccc2ccccc12. The van der Waals surface area contributed by atoms with Crippen LogP contribution in [0.25, 0.3) is 16.8 Å². The number of hydrazone groups is 1. The highest BCUT2D eigenvalue weighted by atomic mass is 35.5. The molecule has 2 aliphatic heterocycles. The number of amidine groups is 2. The summed E-state index contributed by atoms with van der Waals surface area (Å²) >= 11 is 7.89. The minimum Gasteiger partial charge on any atom is -0.490 e. The number of ether oxygens (including phenoxy) is 3. The van der Waals surface area contributed by atoms with Gasteiger partial charge in [0.25, 0.3) is 5.91 Å². The van der Waals surface area contributed by atoms with E-state index in [1.165, 1.54) is 16.8 Å². The normalized spacial score (nSPS) is 15.5. The van der Waals surface area contributed by atoms with Crippen molar-refractivity contribution in [1.29, 1.82) is 5.41 Å². The Labute approximate surface area is 251 Å². The quantitative estimate of drug-likeness (QED) is 0.206. The van der Waals surface area contributed by atoms with Gasteiger partial charge in [0.1, 0.15) is 24.0 Å². The largest absolute Gasteiger partial charge is 0.490 e. The van der Waals surface area contributed by atoms with Gasteiger partial charge in [-0.2, -0.15) is 15.1 Å². The maximum Gasteiger partial charge on any atom is 0.283 e. The minimum absolute atomic E-state index is 0.0799. The van der Waals surface area contributed by atoms with E-state index in [1.807, 2.05) is 61.5 Å². The molecule has 210 valence electrons. The molecule has 1 N–H and O–H groups in total. The number of hydrogen-bond donors (Lipinski definition) is 1. The number of rotatable bonds is 9. The Hall–Kier alpha value is -4.60. The fraction of sp³-hybridized carbons (Fsp3) is 0.125. The Bertz CT molecular complexity index is 1780. The fourth-order valence-corrected chi connectivity index (χ4v) is 5.63. The number of para-hydroxylation sites is 1. The van der Waals surface area contributed by atoms with Crippen LogP contribution >= 0.6 is 23.4 Å². The molecule has 8 nitrogen and oxygen atoms in total. The van der Waals surface area contributed by atoms with Crippen LogP contribution in [-0.4, -0.2) is 40.2 Å². The van der Waals surface area contributed by atoms with Crippen molar-refractivity contribution in [3.63, 3.8) is 0 Å². The van der Waals surface area contributed by atoms with Gasteiger partial charge in [-0.05, 0) is 70.9 Å². The minimum atomic E-state index is -0.537. The second-order valence-corrected chi connectivity index (χ2v) is 10.8. The van der Waals surface area contributed by atoms with Crippen LogP contribution in [0.5, 0.6) is 17.2 Å². The standard InChI is InChI=1S/C32H25ClN4O4S/c1-2-39-27-17-20(16-26(33)29(27)41-18-22-11-8-10-21-9-6-7-14-24(21)22)15-25-30(34)37-32(35-31(25)38)42-28(36-37)19-40-23-12-4-3-5-13-23/h3-17,34H,2,18-19H2,1H3. The molecule has 0 bridgehead atoms. The predicted octanol–water partition coefficient (Wildman–Crippen LogP) is 7.17. The second kappa shape index (κ2) is 12.1. The summed E-state index contributed by atoms with van der Waals surface area (Å²) in [5.41, 5.74) is 1.66. The Kier molecular flexibility index (Phi) is 7.94. The highest BCUT2D eigenvalue weighted by molar-refractivity contribution is 8.27. The lowest BCUT2D eigenvalue weighted by Gasteiger charge is -2.20. The van der Waals surface area contributed by atoms with Crippen LogP contribution < -0.4 is 14.2 Å². The van der Waals surface area contributed by atoms with Gasteiger partial charge in [-0.3, -0.25) is 10.2 Å². The van der Waals surface area contributed by atoms with Gasteiger partial charge >= 0.3 is 0 Å². The van der Waals surface area contributed by atoms with Crippen molar-refractivity contribution in [3.05, 3.63) is 107 Å². The number of halogens is 1. The van der Waals surface area contributed by atoms with Crippen LogP contribution in [0.15, 0.2) is 101 Å². The van der Waals surface area contributed by atoms with Crippen LogP contribution in [0.4, 0.5) is 0 Å². The van der Waals surface area contributed by atoms with E-state index >= 15 is 0 Å². The molecule has 4 aromatic carbocycles. The third-order valence-corrected chi connectivity index (χ3v) is 7.66. The van der Waals surface area contributed by atoms with Gasteiger partial charge in [-0.15, -0.1) is 0 Å². The number of aliphatic imine (C=N–C) groups is 1. The zero-order valence-corrected chi connectivity index (χ0v) is 24.1. The van der Waals surface area contributed by atoms with E-state index in [0.717, 1.165) is 16.3 Å². The molecule has 0 radical (unpaired) electrons. The summed E-state index contributed by atoms with van der Waals surface area (Å²) in [4.78, 5) is 17.1. The summed E-state index contributed by atoms with van der Waals surface area (Å²) < 4.78 is 17.8. The van der Waals surface area contributed by atoms with Crippen molar-refractivity contribution < 1.29 is 19.0 Å². The lowest BCUT2D eigenvalue weighted by atomic mass is 10.1. The molecule has 42 heavy (non-hydrogen) atoms. The molecule has 0 atom stereocenters. The van der Waals surface area contributed by atoms with Crippen molar-refractivity contribution in [2.24, 2.45) is 10.1 Å². The smallest absolute Gasteiger partial charge is 0.283 e. The van der Waals surface area contributed by atoms with Crippen LogP contribution in [0, 0.1) is 5.41 Å². The van der Waals surface area contributed by atoms with E-state index in [-0.39, 0.29) is 18.0 Å². The van der Waals surface area contributed by atoms with Crippen molar-refractivity contribution in [1.82, 2.24) is 5.01 Å². The molecule has 0 unspecified atom stereocenters. The zero-order valence-electron chi connectivity index (χ0n) is 22.5. The number of thioether (sulfide) groups is 1. The van der Waals surface area contributed by atoms with Gasteiger partial charge in [0.05, 0.1) is 17.2 Å². The first-order valence-corrected chi connectivity index (χ1v) is 14.4. The molecule has 4 aromatic rings. The van der Waals surface area contributed by atoms with Crippen LogP contribution in [0.3, 0.4) is 0 Å². The van der Waals surface area contributed by atoms with Gasteiger partial charge < -0.3 is 14.2 Å². The van der Waals surface area contributed by atoms with Gasteiger partial charge in [0.2, 0.25) is 5.17 Å². The number of fused-ring (bicyclic) bond motifs is 2. The second-order valence-electron chi connectivity index (χ2n) is 9.31. The monoisotopic (exact) mass is 596 g/mol. The van der Waals surface area contributed by atoms with Crippen molar-refractivity contribution >= 4 is 62.2 Å². The molecule has 0 fully saturated rings. The Balaban J connectivity index is 1.23. The van der Waals surface area contributed by atoms with Crippen LogP contribution in [-0.2, 0) is 11.4 Å². The summed E-state index contributed by atoms with van der Waals surface area (Å²) in [5.74, 6) is 0.918. The topological polar surface area (TPSA) is 96.6 Å². The number of carbonyl (C=O) groups excluding carboxylic acids is 1. The number of carbonyl (C=O) groups is 1. The molecule has 0 saturated heterocycles. The fourth-order valence-electron chi connectivity index (χ4n) is 4.56. The summed E-state index contributed by atoms with van der Waals surface area (Å²) in [7, 11) is 0. The lowest BCUT2D eigenvalue weighted by molar-refractivity contribution is -0.114. The first-order chi connectivity index (χ1) is 20.5. The first kappa shape index (κ1) is 27.6. The van der Waals surface area contributed by atoms with Gasteiger partial charge in [-0.25, -0.2) is 0 Å². The molecule has 0 saturated carbocycles. The molecule has 6 rings (SSSR count). The van der Waals surface area contributed by atoms with E-state index in [4.69, 9.17) is 31.2 Å². The molecule has 10 heteroatoms. The van der Waals surface area contributed by atoms with Crippen molar-refractivity contribution in [3.8, 4) is 17.2 Å². The summed E-state index contributed by atoms with van der Waals surface area (Å²) in [6.07, 6.45) is 1.56. The van der Waals surface area contributed by atoms with E-state index in [1.54, 1.807) is 18.2 Å². The molecule has 0 aromatic heterocycles. The number of nitrogens with zero attached hydrogens (tertiary/aromatic N) is 3. The molecule has 1 amide bonds. The lowest BCUT2D eigenvalue weighted by Crippen LogP contribution is -2.35. The predicted molar refractivity (Wildman–Crippen MR) is 168 cm³/mol. The Morgan fingerprint density at radius 1 is 0.952 bits per heavy atom. The first-order valence-electron chi connectivity index (χ1n) is 13.2. The van der Waals surface area contributed by atoms with Crippen molar-refractivity contribution in [2.45, 2.75) is 13.5 Å². The van der Waals surface area contributed by atoms with Gasteiger partial charge in [-0.1, -0.05) is 72.3 Å². The van der Waals surface area contributed by atoms with E-state index in [9.17, 15) is 4.79 Å². The summed E-state index contributed by atoms with van der Waals surface area (Å²) in [6, 6.07) is 27.0. The molecule has 0 aliphatic carbocycles. The number of nitrogens with one attached hydrogen (secondary N) is 1. The number of benzene rings is 4. The van der Waals surface area contributed by atoms with Crippen molar-refractivity contribution in [2.75, 3.05) is 13.2 Å². The maximum absolute atomic E-state index is 13.0. The highest BCUT2D eigenvalue weighted by Gasteiger charge is 2.36. The molecular formula is C32H25ClN4O4S. The highest BCUT2D eigenvalue weighted by Crippen LogP contribution is 2.39. The molecule has 2 aliphatic rings. The molecular weight excluding hydrogens is 572 g/mol. The van der Waals surface area contributed by atoms with Crippen LogP contribution in [0.1, 0.15) is 18.1 Å². The van der Waals surface area contributed by atoms with E-state index in [2.05, 4.69) is 28.3 Å². The third kappa shape index (κ3) is 5.74. The number of hydrogen-bond acceptors (Lipinski definition) is 7. The Morgan fingerprint density at radius 2 is 1.74 bits per heavy atom. The van der Waals surface area contributed by atoms with Gasteiger partial charge in [0.15, 0.2) is 17.3 Å². The maximum atomic E-state index is 13.0. The summed E-state index contributed by atoms with van der Waals surface area (Å²) in [5, 5.41) is 18.0. The average Bonchev–Trinajstić information content (AvgIpc) is 3.41. The van der Waals surface area contributed by atoms with E-state index in [0.29, 0.717) is 51.3 Å². The number of amides is 1. The van der Waals surface area contributed by atoms with Crippen LogP contribution in [0.2, 0.25) is 5.02 Å². The summed E-state index contributed by atoms with van der Waals surface area (Å²) in [6.45, 7) is 2.74. The van der Waals surface area contributed by atoms with Gasteiger partial charge in [0, 0.05) is 0 Å². The third-order valence-electron chi connectivity index (χ3n) is 6.50.